The summed E-state index contributed by atoms with van der Waals surface area (Å²) in [4.78, 5) is 12.3. The minimum atomic E-state index is -3.31. The lowest BCUT2D eigenvalue weighted by Gasteiger charge is -2.19. The van der Waals surface area contributed by atoms with Crippen molar-refractivity contribution in [1.82, 2.24) is 14.5 Å². The van der Waals surface area contributed by atoms with E-state index < -0.39 is 15.9 Å². The Morgan fingerprint density at radius 1 is 1.42 bits per heavy atom. The topological polar surface area (TPSA) is 92.3 Å². The van der Waals surface area contributed by atoms with Gasteiger partial charge in [0.05, 0.1) is 12.3 Å². The van der Waals surface area contributed by atoms with Crippen LogP contribution in [-0.2, 0) is 10.0 Å². The zero-order valence-corrected chi connectivity index (χ0v) is 15.2. The Hall–Kier alpha value is -1.55. The number of nitrogens with zero attached hydrogens (tertiary/aromatic N) is 3. The molecule has 0 unspecified atom stereocenters. The van der Waals surface area contributed by atoms with E-state index in [1.807, 2.05) is 0 Å². The van der Waals surface area contributed by atoms with Crippen LogP contribution >= 0.6 is 22.9 Å². The first-order chi connectivity index (χ1) is 11.3. The fraction of sp³-hybridized carbons (Fsp3) is 0.357. The molecule has 0 radical (unpaired) electrons. The first kappa shape index (κ1) is 17.3. The maximum Gasteiger partial charge on any atom is 0.286 e. The molecule has 1 aromatic carbocycles. The van der Waals surface area contributed by atoms with Crippen LogP contribution in [0.1, 0.15) is 33.7 Å². The Balaban J connectivity index is 1.77. The third-order valence-electron chi connectivity index (χ3n) is 3.63. The van der Waals surface area contributed by atoms with E-state index in [-0.39, 0.29) is 11.0 Å². The minimum Gasteiger partial charge on any atom is -0.320 e. The highest BCUT2D eigenvalue weighted by Crippen LogP contribution is 2.35. The van der Waals surface area contributed by atoms with Crippen LogP contribution in [0.15, 0.2) is 24.3 Å². The molecule has 7 nitrogen and oxygen atoms in total. The summed E-state index contributed by atoms with van der Waals surface area (Å²) >= 11 is 6.99. The number of amides is 1. The summed E-state index contributed by atoms with van der Waals surface area (Å²) in [6.07, 6.45) is 2.62. The molecule has 1 N–H and O–H groups in total. The second-order valence-electron chi connectivity index (χ2n) is 5.44. The molecular weight excluding hydrogens is 372 g/mol. The number of sulfonamides is 1. The van der Waals surface area contributed by atoms with Crippen LogP contribution in [-0.4, -0.2) is 41.6 Å². The molecule has 1 saturated heterocycles. The van der Waals surface area contributed by atoms with E-state index in [0.29, 0.717) is 28.7 Å². The second-order valence-corrected chi connectivity index (χ2v) is 8.82. The van der Waals surface area contributed by atoms with Gasteiger partial charge < -0.3 is 5.32 Å². The van der Waals surface area contributed by atoms with Crippen LogP contribution in [0.3, 0.4) is 0 Å². The van der Waals surface area contributed by atoms with E-state index in [1.54, 1.807) is 24.3 Å². The lowest BCUT2D eigenvalue weighted by Crippen LogP contribution is -2.29. The maximum atomic E-state index is 12.3. The van der Waals surface area contributed by atoms with Gasteiger partial charge >= 0.3 is 0 Å². The van der Waals surface area contributed by atoms with Gasteiger partial charge in [0, 0.05) is 17.3 Å². The molecule has 128 valence electrons. The quantitative estimate of drug-likeness (QED) is 0.871. The summed E-state index contributed by atoms with van der Waals surface area (Å²) < 4.78 is 25.1. The Kier molecular flexibility index (Phi) is 4.86. The zero-order valence-electron chi connectivity index (χ0n) is 12.8. The number of hydrogen-bond acceptors (Lipinski definition) is 6. The summed E-state index contributed by atoms with van der Waals surface area (Å²) in [5.74, 6) is -0.398. The highest BCUT2D eigenvalue weighted by molar-refractivity contribution is 7.88. The van der Waals surface area contributed by atoms with Crippen LogP contribution in [0.25, 0.3) is 0 Å². The van der Waals surface area contributed by atoms with Gasteiger partial charge in [-0.2, -0.15) is 4.31 Å². The summed E-state index contributed by atoms with van der Waals surface area (Å²) in [5.41, 5.74) is 0.558. The van der Waals surface area contributed by atoms with Gasteiger partial charge in [-0.15, -0.1) is 10.2 Å². The largest absolute Gasteiger partial charge is 0.320 e. The molecule has 2 aromatic rings. The number of rotatable bonds is 4. The number of benzene rings is 1. The highest BCUT2D eigenvalue weighted by Gasteiger charge is 2.35. The molecule has 0 saturated carbocycles. The van der Waals surface area contributed by atoms with Gasteiger partial charge in [-0.05, 0) is 31.0 Å². The molecule has 3 rings (SSSR count). The monoisotopic (exact) mass is 386 g/mol. The first-order valence-electron chi connectivity index (χ1n) is 7.22. The van der Waals surface area contributed by atoms with Gasteiger partial charge in [0.15, 0.2) is 0 Å². The molecule has 24 heavy (non-hydrogen) atoms. The van der Waals surface area contributed by atoms with Crippen LogP contribution in [0.2, 0.25) is 5.02 Å². The predicted molar refractivity (Wildman–Crippen MR) is 92.8 cm³/mol. The first-order valence-corrected chi connectivity index (χ1v) is 10.3. The molecule has 1 aromatic heterocycles. The van der Waals surface area contributed by atoms with Crippen LogP contribution in [0.5, 0.6) is 0 Å². The van der Waals surface area contributed by atoms with Crippen molar-refractivity contribution >= 4 is 44.6 Å². The summed E-state index contributed by atoms with van der Waals surface area (Å²) in [6, 6.07) is 6.44. The average molecular weight is 387 g/mol. The minimum absolute atomic E-state index is 0.185. The van der Waals surface area contributed by atoms with Crippen LogP contribution in [0, 0.1) is 0 Å². The van der Waals surface area contributed by atoms with Crippen molar-refractivity contribution in [2.45, 2.75) is 18.9 Å². The molecule has 0 aliphatic carbocycles. The Bertz CT molecular complexity index is 868. The van der Waals surface area contributed by atoms with Crippen molar-refractivity contribution in [2.75, 3.05) is 18.1 Å². The van der Waals surface area contributed by atoms with Crippen LogP contribution < -0.4 is 5.32 Å². The van der Waals surface area contributed by atoms with Gasteiger partial charge in [-0.3, -0.25) is 4.79 Å². The predicted octanol–water partition coefficient (Wildman–Crippen LogP) is 2.54. The lowest BCUT2D eigenvalue weighted by molar-refractivity contribution is 0.102. The number of carbonyl (C=O) groups excluding carboxylic acids is 1. The van der Waals surface area contributed by atoms with Gasteiger partial charge in [-0.25, -0.2) is 8.42 Å². The van der Waals surface area contributed by atoms with Crippen molar-refractivity contribution in [1.29, 1.82) is 0 Å². The van der Waals surface area contributed by atoms with Gasteiger partial charge in [0.2, 0.25) is 15.0 Å². The molecular formula is C14H15ClN4O3S2. The number of halogens is 1. The smallest absolute Gasteiger partial charge is 0.286 e. The normalized spacial score (nSPS) is 18.7. The van der Waals surface area contributed by atoms with E-state index in [2.05, 4.69) is 15.5 Å². The molecule has 1 aliphatic heterocycles. The number of hydrogen-bond donors (Lipinski definition) is 1. The van der Waals surface area contributed by atoms with Crippen LogP contribution in [0.4, 0.5) is 5.69 Å². The SMILES string of the molecule is CS(=O)(=O)N1CCC[C@@H]1c1nnc(C(=O)Nc2cccc(Cl)c2)s1. The average Bonchev–Trinajstić information content (AvgIpc) is 3.15. The number of carbonyl (C=O) groups is 1. The van der Waals surface area contributed by atoms with Crippen molar-refractivity contribution in [3.8, 4) is 0 Å². The number of nitrogens with one attached hydrogen (secondary N) is 1. The fourth-order valence-electron chi connectivity index (χ4n) is 2.60. The van der Waals surface area contributed by atoms with Gasteiger partial charge in [0.25, 0.3) is 5.91 Å². The molecule has 10 heteroatoms. The maximum absolute atomic E-state index is 12.3. The van der Waals surface area contributed by atoms with E-state index >= 15 is 0 Å². The molecule has 1 atom stereocenters. The Morgan fingerprint density at radius 2 is 2.21 bits per heavy atom. The third kappa shape index (κ3) is 3.75. The second kappa shape index (κ2) is 6.75. The molecule has 1 fully saturated rings. The van der Waals surface area contributed by atoms with E-state index in [0.717, 1.165) is 17.8 Å². The lowest BCUT2D eigenvalue weighted by atomic mass is 10.2. The van der Waals surface area contributed by atoms with E-state index in [1.165, 1.54) is 10.6 Å². The Labute approximate surface area is 148 Å². The molecule has 2 heterocycles. The Morgan fingerprint density at radius 3 is 2.92 bits per heavy atom. The third-order valence-corrected chi connectivity index (χ3v) is 6.18. The molecule has 1 amide bonds. The molecule has 1 aliphatic rings. The van der Waals surface area contributed by atoms with Gasteiger partial charge in [-0.1, -0.05) is 29.0 Å². The van der Waals surface area contributed by atoms with E-state index in [9.17, 15) is 13.2 Å². The number of aromatic nitrogens is 2. The van der Waals surface area contributed by atoms with Crippen molar-refractivity contribution in [3.05, 3.63) is 39.3 Å². The standard InChI is InChI=1S/C14H15ClN4O3S2/c1-24(21,22)19-7-3-6-11(19)13-17-18-14(23-13)12(20)16-10-5-2-4-9(15)8-10/h2,4-5,8,11H,3,6-7H2,1H3,(H,16,20)/t11-/m1/s1. The summed E-state index contributed by atoms with van der Waals surface area (Å²) in [7, 11) is -3.31. The highest BCUT2D eigenvalue weighted by atomic mass is 35.5. The zero-order chi connectivity index (χ0) is 17.3. The number of anilines is 1. The molecule has 0 spiro atoms. The summed E-state index contributed by atoms with van der Waals surface area (Å²) in [6.45, 7) is 0.465. The fourth-order valence-corrected chi connectivity index (χ4v) is 4.87. The van der Waals surface area contributed by atoms with Crippen molar-refractivity contribution in [2.24, 2.45) is 0 Å². The van der Waals surface area contributed by atoms with Gasteiger partial charge in [0.1, 0.15) is 5.01 Å². The molecule has 0 bridgehead atoms. The van der Waals surface area contributed by atoms with Crippen molar-refractivity contribution < 1.29 is 13.2 Å². The summed E-state index contributed by atoms with van der Waals surface area (Å²) in [5, 5.41) is 11.8. The van der Waals surface area contributed by atoms with Crippen molar-refractivity contribution in [3.63, 3.8) is 0 Å². The van der Waals surface area contributed by atoms with E-state index in [4.69, 9.17) is 11.6 Å².